The van der Waals surface area contributed by atoms with Gasteiger partial charge in [-0.1, -0.05) is 0 Å². The van der Waals surface area contributed by atoms with E-state index < -0.39 is 28.6 Å². The molecule has 0 saturated carbocycles. The standard InChI is InChI=1S/C12H14N4O5/c1-7-4-16(12(21)14-10(7)19)6-8(17)5-15-3-2-9(18)13-11(15)20/h2-4,8,17H,5-6H2,1H3,(H,13,18,20)(H,14,19,21). The topological polar surface area (TPSA) is 130 Å². The SMILES string of the molecule is Cc1cn(CC(O)Cn2ccc(=O)[nH]c2=O)c(=O)[nH]c1=O. The van der Waals surface area contributed by atoms with Crippen LogP contribution in [0.15, 0.2) is 37.6 Å². The van der Waals surface area contributed by atoms with Gasteiger partial charge in [-0.2, -0.15) is 0 Å². The number of aliphatic hydroxyl groups excluding tert-OH is 1. The summed E-state index contributed by atoms with van der Waals surface area (Å²) in [4.78, 5) is 49.4. The summed E-state index contributed by atoms with van der Waals surface area (Å²) in [6.07, 6.45) is 1.54. The molecule has 0 aromatic carbocycles. The lowest BCUT2D eigenvalue weighted by Gasteiger charge is -2.13. The van der Waals surface area contributed by atoms with Crippen molar-refractivity contribution in [1.29, 1.82) is 0 Å². The van der Waals surface area contributed by atoms with Crippen LogP contribution in [0.3, 0.4) is 0 Å². The summed E-state index contributed by atoms with van der Waals surface area (Å²) in [5.41, 5.74) is -1.96. The number of hydrogen-bond donors (Lipinski definition) is 3. The fourth-order valence-corrected chi connectivity index (χ4v) is 1.85. The molecule has 0 saturated heterocycles. The number of aromatic amines is 2. The van der Waals surface area contributed by atoms with E-state index in [9.17, 15) is 24.3 Å². The Morgan fingerprint density at radius 1 is 1.10 bits per heavy atom. The van der Waals surface area contributed by atoms with E-state index in [2.05, 4.69) is 9.97 Å². The average molecular weight is 294 g/mol. The molecule has 0 radical (unpaired) electrons. The molecule has 0 bridgehead atoms. The van der Waals surface area contributed by atoms with E-state index in [1.165, 1.54) is 19.3 Å². The molecule has 112 valence electrons. The van der Waals surface area contributed by atoms with E-state index in [1.807, 2.05) is 0 Å². The van der Waals surface area contributed by atoms with Crippen molar-refractivity contribution in [3.63, 3.8) is 0 Å². The fraction of sp³-hybridized carbons (Fsp3) is 0.333. The van der Waals surface area contributed by atoms with Gasteiger partial charge in [0.1, 0.15) is 0 Å². The van der Waals surface area contributed by atoms with Crippen LogP contribution in [-0.2, 0) is 13.1 Å². The fourth-order valence-electron chi connectivity index (χ4n) is 1.85. The highest BCUT2D eigenvalue weighted by atomic mass is 16.3. The summed E-state index contributed by atoms with van der Waals surface area (Å²) >= 11 is 0. The zero-order chi connectivity index (χ0) is 15.6. The summed E-state index contributed by atoms with van der Waals surface area (Å²) in [7, 11) is 0. The summed E-state index contributed by atoms with van der Waals surface area (Å²) in [6.45, 7) is 1.34. The molecule has 0 amide bonds. The molecule has 3 N–H and O–H groups in total. The molecule has 0 aliphatic rings. The van der Waals surface area contributed by atoms with Gasteiger partial charge in [0.2, 0.25) is 0 Å². The first-order chi connectivity index (χ1) is 9.86. The van der Waals surface area contributed by atoms with Gasteiger partial charge in [0, 0.05) is 24.0 Å². The molecule has 1 atom stereocenters. The maximum absolute atomic E-state index is 11.6. The third kappa shape index (κ3) is 3.45. The number of nitrogens with one attached hydrogen (secondary N) is 2. The van der Waals surface area contributed by atoms with Gasteiger partial charge in [-0.15, -0.1) is 0 Å². The zero-order valence-corrected chi connectivity index (χ0v) is 11.2. The van der Waals surface area contributed by atoms with Crippen LogP contribution in [0.2, 0.25) is 0 Å². The number of rotatable bonds is 4. The molecule has 2 aromatic heterocycles. The van der Waals surface area contributed by atoms with E-state index in [0.29, 0.717) is 5.56 Å². The van der Waals surface area contributed by atoms with Crippen LogP contribution in [0.4, 0.5) is 0 Å². The monoisotopic (exact) mass is 294 g/mol. The van der Waals surface area contributed by atoms with Gasteiger partial charge in [-0.25, -0.2) is 9.59 Å². The lowest BCUT2D eigenvalue weighted by atomic mass is 10.3. The Hall–Kier alpha value is -2.68. The number of H-pyrrole nitrogens is 2. The smallest absolute Gasteiger partial charge is 0.328 e. The molecule has 21 heavy (non-hydrogen) atoms. The van der Waals surface area contributed by atoms with Gasteiger partial charge in [0.15, 0.2) is 0 Å². The van der Waals surface area contributed by atoms with Gasteiger partial charge in [-0.05, 0) is 6.92 Å². The Morgan fingerprint density at radius 3 is 2.38 bits per heavy atom. The number of aromatic nitrogens is 4. The second kappa shape index (κ2) is 5.75. The van der Waals surface area contributed by atoms with Crippen LogP contribution in [0, 0.1) is 6.92 Å². The number of nitrogens with zero attached hydrogens (tertiary/aromatic N) is 2. The van der Waals surface area contributed by atoms with Gasteiger partial charge >= 0.3 is 11.4 Å². The number of hydrogen-bond acceptors (Lipinski definition) is 5. The summed E-state index contributed by atoms with van der Waals surface area (Å²) in [5.74, 6) is 0. The van der Waals surface area contributed by atoms with Crippen LogP contribution in [0.1, 0.15) is 5.56 Å². The first kappa shape index (κ1) is 14.7. The van der Waals surface area contributed by atoms with Gasteiger partial charge < -0.3 is 5.11 Å². The molecule has 0 spiro atoms. The van der Waals surface area contributed by atoms with Crippen molar-refractivity contribution >= 4 is 0 Å². The van der Waals surface area contributed by atoms with E-state index >= 15 is 0 Å². The van der Waals surface area contributed by atoms with Crippen LogP contribution < -0.4 is 22.5 Å². The summed E-state index contributed by atoms with van der Waals surface area (Å²) in [5, 5.41) is 9.93. The minimum absolute atomic E-state index is 0.0952. The number of aryl methyl sites for hydroxylation is 1. The van der Waals surface area contributed by atoms with Gasteiger partial charge in [-0.3, -0.25) is 28.7 Å². The van der Waals surface area contributed by atoms with Crippen LogP contribution >= 0.6 is 0 Å². The maximum atomic E-state index is 11.6. The van der Waals surface area contributed by atoms with Crippen molar-refractivity contribution in [2.45, 2.75) is 26.1 Å². The first-order valence-corrected chi connectivity index (χ1v) is 6.15. The predicted octanol–water partition coefficient (Wildman–Crippen LogP) is -2.24. The predicted molar refractivity (Wildman–Crippen MR) is 73.4 cm³/mol. The Balaban J connectivity index is 2.19. The van der Waals surface area contributed by atoms with Gasteiger partial charge in [0.05, 0.1) is 19.2 Å². The third-order valence-corrected chi connectivity index (χ3v) is 2.90. The minimum atomic E-state index is -1.04. The van der Waals surface area contributed by atoms with Crippen molar-refractivity contribution in [1.82, 2.24) is 19.1 Å². The van der Waals surface area contributed by atoms with Crippen molar-refractivity contribution < 1.29 is 5.11 Å². The first-order valence-electron chi connectivity index (χ1n) is 6.15. The third-order valence-electron chi connectivity index (χ3n) is 2.90. The Labute approximate surface area is 117 Å². The van der Waals surface area contributed by atoms with Gasteiger partial charge in [0.25, 0.3) is 11.1 Å². The van der Waals surface area contributed by atoms with Crippen LogP contribution in [0.25, 0.3) is 0 Å². The van der Waals surface area contributed by atoms with Crippen molar-refractivity contribution in [3.05, 3.63) is 65.7 Å². The molecular formula is C12H14N4O5. The van der Waals surface area contributed by atoms with Crippen molar-refractivity contribution in [3.8, 4) is 0 Å². The molecule has 0 aliphatic heterocycles. The second-order valence-corrected chi connectivity index (χ2v) is 4.64. The van der Waals surface area contributed by atoms with Crippen LogP contribution in [0.5, 0.6) is 0 Å². The molecule has 9 heteroatoms. The highest BCUT2D eigenvalue weighted by molar-refractivity contribution is 5.00. The lowest BCUT2D eigenvalue weighted by molar-refractivity contribution is 0.131. The minimum Gasteiger partial charge on any atom is -0.389 e. The van der Waals surface area contributed by atoms with E-state index in [-0.39, 0.29) is 13.1 Å². The van der Waals surface area contributed by atoms with E-state index in [0.717, 1.165) is 15.2 Å². The van der Waals surface area contributed by atoms with E-state index in [1.54, 1.807) is 0 Å². The lowest BCUT2D eigenvalue weighted by Crippen LogP contribution is -2.37. The summed E-state index contributed by atoms with van der Waals surface area (Å²) < 4.78 is 2.27. The molecule has 2 aromatic rings. The molecule has 9 nitrogen and oxygen atoms in total. The molecule has 1 unspecified atom stereocenters. The van der Waals surface area contributed by atoms with Crippen LogP contribution in [-0.4, -0.2) is 30.3 Å². The van der Waals surface area contributed by atoms with Crippen molar-refractivity contribution in [2.75, 3.05) is 0 Å². The Kier molecular flexibility index (Phi) is 4.03. The highest BCUT2D eigenvalue weighted by Crippen LogP contribution is 1.93. The second-order valence-electron chi connectivity index (χ2n) is 4.64. The average Bonchev–Trinajstić information content (AvgIpc) is 2.39. The normalized spacial score (nSPS) is 12.3. The molecule has 2 heterocycles. The Morgan fingerprint density at radius 2 is 1.71 bits per heavy atom. The molecule has 0 fully saturated rings. The molecule has 0 aliphatic carbocycles. The quantitative estimate of drug-likeness (QED) is 0.587. The maximum Gasteiger partial charge on any atom is 0.328 e. The largest absolute Gasteiger partial charge is 0.389 e. The molecular weight excluding hydrogens is 280 g/mol. The zero-order valence-electron chi connectivity index (χ0n) is 11.2. The van der Waals surface area contributed by atoms with E-state index in [4.69, 9.17) is 0 Å². The van der Waals surface area contributed by atoms with Crippen molar-refractivity contribution in [2.24, 2.45) is 0 Å². The molecule has 2 rings (SSSR count). The highest BCUT2D eigenvalue weighted by Gasteiger charge is 2.10. The number of aliphatic hydroxyl groups is 1. The Bertz CT molecular complexity index is 872. The summed E-state index contributed by atoms with van der Waals surface area (Å²) in [6, 6.07) is 1.16.